The van der Waals surface area contributed by atoms with Gasteiger partial charge in [-0.1, -0.05) is 54.6 Å². The lowest BCUT2D eigenvalue weighted by Gasteiger charge is -2.38. The smallest absolute Gasteiger partial charge is 0.309 e. The molecule has 1 fully saturated rings. The van der Waals surface area contributed by atoms with Gasteiger partial charge in [-0.05, 0) is 47.4 Å². The van der Waals surface area contributed by atoms with E-state index in [2.05, 4.69) is 50.5 Å². The highest BCUT2D eigenvalue weighted by atomic mass is 16.5. The minimum absolute atomic E-state index is 0.123. The Bertz CT molecular complexity index is 1520. The first-order chi connectivity index (χ1) is 19.4. The number of nitrogens with zero attached hydrogens (tertiary/aromatic N) is 3. The molecule has 8 nitrogen and oxygen atoms in total. The number of aromatic amines is 1. The molecule has 2 N–H and O–H groups in total. The number of esters is 1. The van der Waals surface area contributed by atoms with Crippen LogP contribution in [0.25, 0.3) is 10.8 Å². The zero-order valence-electron chi connectivity index (χ0n) is 22.8. The Morgan fingerprint density at radius 3 is 2.58 bits per heavy atom. The van der Waals surface area contributed by atoms with E-state index in [0.29, 0.717) is 38.0 Å². The molecular weight excluding hydrogens is 502 g/mol. The van der Waals surface area contributed by atoms with Crippen molar-refractivity contribution in [2.45, 2.75) is 31.8 Å². The molecule has 1 aromatic heterocycles. The van der Waals surface area contributed by atoms with Gasteiger partial charge in [0.15, 0.2) is 0 Å². The standard InChI is InChI=1S/C32H33N5O3/c1-32(29-17-34-21-35-29,15-22-10-12-23(16-33)13-11-22)36-30(38)26-14-27(31(39)40-2)20-37(19-26)18-25-8-5-7-24-6-3-4-9-28(24)25/h3-13,17,21,26-27H,14-15,18-20H2,1-2H3,(H,34,35)(H,36,38)/t26-,27+,32?/m0/s1. The molecule has 2 heterocycles. The molecule has 1 aliphatic heterocycles. The summed E-state index contributed by atoms with van der Waals surface area (Å²) in [5, 5.41) is 14.8. The van der Waals surface area contributed by atoms with Crippen LogP contribution in [0.5, 0.6) is 0 Å². The monoisotopic (exact) mass is 535 g/mol. The number of aromatic nitrogens is 2. The average molecular weight is 536 g/mol. The van der Waals surface area contributed by atoms with Crippen LogP contribution >= 0.6 is 0 Å². The average Bonchev–Trinajstić information content (AvgIpc) is 3.53. The molecule has 0 bridgehead atoms. The van der Waals surface area contributed by atoms with Gasteiger partial charge in [-0.2, -0.15) is 5.26 Å². The molecule has 1 aliphatic rings. The number of methoxy groups -OCH3 is 1. The van der Waals surface area contributed by atoms with Gasteiger partial charge in [0.05, 0.1) is 54.3 Å². The summed E-state index contributed by atoms with van der Waals surface area (Å²) < 4.78 is 5.11. The fraction of sp³-hybridized carbons (Fsp3) is 0.312. The number of fused-ring (bicyclic) bond motifs is 1. The van der Waals surface area contributed by atoms with Gasteiger partial charge in [0.2, 0.25) is 5.91 Å². The fourth-order valence-electron chi connectivity index (χ4n) is 5.76. The summed E-state index contributed by atoms with van der Waals surface area (Å²) in [5.41, 5.74) is 2.72. The van der Waals surface area contributed by atoms with E-state index >= 15 is 0 Å². The number of benzene rings is 3. The van der Waals surface area contributed by atoms with Crippen LogP contribution in [0.3, 0.4) is 0 Å². The van der Waals surface area contributed by atoms with Gasteiger partial charge in [-0.3, -0.25) is 14.5 Å². The number of carbonyl (C=O) groups excluding carboxylic acids is 2. The van der Waals surface area contributed by atoms with Crippen molar-refractivity contribution in [3.63, 3.8) is 0 Å². The maximum Gasteiger partial charge on any atom is 0.309 e. The van der Waals surface area contributed by atoms with Crippen LogP contribution in [0, 0.1) is 23.2 Å². The number of piperidine rings is 1. The number of carbonyl (C=O) groups is 2. The van der Waals surface area contributed by atoms with Gasteiger partial charge < -0.3 is 15.0 Å². The van der Waals surface area contributed by atoms with Crippen LogP contribution in [0.4, 0.5) is 0 Å². The largest absolute Gasteiger partial charge is 0.469 e. The lowest BCUT2D eigenvalue weighted by Crippen LogP contribution is -2.53. The van der Waals surface area contributed by atoms with Gasteiger partial charge in [0, 0.05) is 26.1 Å². The summed E-state index contributed by atoms with van der Waals surface area (Å²) in [6.07, 6.45) is 4.23. The normalized spacial score (nSPS) is 18.9. The van der Waals surface area contributed by atoms with Crippen molar-refractivity contribution >= 4 is 22.6 Å². The molecule has 8 heteroatoms. The Hall–Kier alpha value is -4.48. The molecule has 1 amide bonds. The van der Waals surface area contributed by atoms with Gasteiger partial charge in [-0.15, -0.1) is 0 Å². The summed E-state index contributed by atoms with van der Waals surface area (Å²) >= 11 is 0. The maximum absolute atomic E-state index is 13.9. The van der Waals surface area contributed by atoms with Gasteiger partial charge >= 0.3 is 5.97 Å². The van der Waals surface area contributed by atoms with E-state index < -0.39 is 17.4 Å². The van der Waals surface area contributed by atoms with E-state index in [1.807, 2.05) is 37.3 Å². The van der Waals surface area contributed by atoms with Crippen LogP contribution in [0.2, 0.25) is 0 Å². The molecule has 0 radical (unpaired) electrons. The first-order valence-corrected chi connectivity index (χ1v) is 13.5. The van der Waals surface area contributed by atoms with E-state index in [0.717, 1.165) is 22.2 Å². The minimum Gasteiger partial charge on any atom is -0.469 e. The third-order valence-electron chi connectivity index (χ3n) is 7.84. The van der Waals surface area contributed by atoms with Crippen molar-refractivity contribution in [2.75, 3.05) is 20.2 Å². The second-order valence-electron chi connectivity index (χ2n) is 10.8. The molecular formula is C32H33N5O3. The molecule has 1 saturated heterocycles. The Morgan fingerprint density at radius 2 is 1.85 bits per heavy atom. The van der Waals surface area contributed by atoms with E-state index in [9.17, 15) is 9.59 Å². The Morgan fingerprint density at radius 1 is 1.10 bits per heavy atom. The number of hydrogen-bond donors (Lipinski definition) is 2. The number of H-pyrrole nitrogens is 1. The number of nitriles is 1. The van der Waals surface area contributed by atoms with E-state index in [1.165, 1.54) is 12.5 Å². The SMILES string of the molecule is COC(=O)[C@@H]1C[C@H](C(=O)NC(C)(Cc2ccc(C#N)cc2)c2cnc[nH]2)CN(Cc2cccc3ccccc23)C1. The second-order valence-corrected chi connectivity index (χ2v) is 10.8. The van der Waals surface area contributed by atoms with Crippen LogP contribution in [-0.4, -0.2) is 46.9 Å². The zero-order valence-corrected chi connectivity index (χ0v) is 22.8. The minimum atomic E-state index is -0.777. The highest BCUT2D eigenvalue weighted by molar-refractivity contribution is 5.85. The molecule has 0 saturated carbocycles. The summed E-state index contributed by atoms with van der Waals surface area (Å²) in [7, 11) is 1.40. The molecule has 4 aromatic rings. The summed E-state index contributed by atoms with van der Waals surface area (Å²) in [5.74, 6) is -1.23. The highest BCUT2D eigenvalue weighted by Gasteiger charge is 2.39. The molecule has 0 spiro atoms. The van der Waals surface area contributed by atoms with Crippen molar-refractivity contribution in [1.82, 2.24) is 20.2 Å². The molecule has 3 atom stereocenters. The van der Waals surface area contributed by atoms with Crippen molar-refractivity contribution in [3.8, 4) is 6.07 Å². The molecule has 0 aliphatic carbocycles. The number of likely N-dealkylation sites (tertiary alicyclic amines) is 1. The van der Waals surface area contributed by atoms with Crippen molar-refractivity contribution < 1.29 is 14.3 Å². The molecule has 3 aromatic carbocycles. The van der Waals surface area contributed by atoms with E-state index in [1.54, 1.807) is 24.7 Å². The summed E-state index contributed by atoms with van der Waals surface area (Å²) in [4.78, 5) is 36.1. The number of imidazole rings is 1. The number of amides is 1. The molecule has 1 unspecified atom stereocenters. The lowest BCUT2D eigenvalue weighted by molar-refractivity contribution is -0.149. The zero-order chi connectivity index (χ0) is 28.1. The Kier molecular flexibility index (Phi) is 7.94. The number of nitrogens with one attached hydrogen (secondary N) is 2. The Balaban J connectivity index is 1.38. The number of ether oxygens (including phenoxy) is 1. The summed E-state index contributed by atoms with van der Waals surface area (Å²) in [6.45, 7) is 3.65. The summed E-state index contributed by atoms with van der Waals surface area (Å²) in [6, 6.07) is 24.0. The van der Waals surface area contributed by atoms with Crippen LogP contribution in [0.1, 0.15) is 35.7 Å². The predicted molar refractivity (Wildman–Crippen MR) is 152 cm³/mol. The fourth-order valence-corrected chi connectivity index (χ4v) is 5.76. The maximum atomic E-state index is 13.9. The van der Waals surface area contributed by atoms with Crippen molar-refractivity contribution in [3.05, 3.63) is 102 Å². The molecule has 5 rings (SSSR count). The third kappa shape index (κ3) is 5.90. The van der Waals surface area contributed by atoms with Crippen molar-refractivity contribution in [2.24, 2.45) is 11.8 Å². The highest BCUT2D eigenvalue weighted by Crippen LogP contribution is 2.30. The third-order valence-corrected chi connectivity index (χ3v) is 7.84. The molecule has 204 valence electrons. The first kappa shape index (κ1) is 27.1. The van der Waals surface area contributed by atoms with Crippen LogP contribution < -0.4 is 5.32 Å². The Labute approximate surface area is 234 Å². The van der Waals surface area contributed by atoms with E-state index in [4.69, 9.17) is 10.00 Å². The first-order valence-electron chi connectivity index (χ1n) is 13.5. The molecule has 40 heavy (non-hydrogen) atoms. The van der Waals surface area contributed by atoms with Gasteiger partial charge in [0.25, 0.3) is 0 Å². The topological polar surface area (TPSA) is 111 Å². The number of rotatable bonds is 8. The quantitative estimate of drug-likeness (QED) is 0.325. The van der Waals surface area contributed by atoms with E-state index in [-0.39, 0.29) is 11.9 Å². The van der Waals surface area contributed by atoms with Gasteiger partial charge in [-0.25, -0.2) is 4.98 Å². The predicted octanol–water partition coefficient (Wildman–Crippen LogP) is 4.32. The van der Waals surface area contributed by atoms with Crippen molar-refractivity contribution in [1.29, 1.82) is 5.26 Å². The number of hydrogen-bond acceptors (Lipinski definition) is 6. The van der Waals surface area contributed by atoms with Crippen LogP contribution in [-0.2, 0) is 32.8 Å². The second kappa shape index (κ2) is 11.7. The van der Waals surface area contributed by atoms with Crippen LogP contribution in [0.15, 0.2) is 79.3 Å². The van der Waals surface area contributed by atoms with Gasteiger partial charge in [0.1, 0.15) is 0 Å². The lowest BCUT2D eigenvalue weighted by atomic mass is 9.85.